The second kappa shape index (κ2) is 5.81. The molecular weight excluding hydrogens is 236 g/mol. The van der Waals surface area contributed by atoms with Gasteiger partial charge in [-0.3, -0.25) is 14.9 Å². The molecule has 0 aliphatic carbocycles. The van der Waals surface area contributed by atoms with E-state index in [9.17, 15) is 14.9 Å². The molecule has 0 atom stereocenters. The lowest BCUT2D eigenvalue weighted by Crippen LogP contribution is -2.24. The molecule has 0 heterocycles. The van der Waals surface area contributed by atoms with E-state index < -0.39 is 4.92 Å². The third kappa shape index (κ3) is 3.31. The smallest absolute Gasteiger partial charge is 0.311 e. The Hall–Kier alpha value is -2.37. The van der Waals surface area contributed by atoms with Gasteiger partial charge in [-0.05, 0) is 19.1 Å². The number of hydrogen-bond donors (Lipinski definition) is 1. The van der Waals surface area contributed by atoms with Crippen molar-refractivity contribution in [2.45, 2.75) is 6.92 Å². The van der Waals surface area contributed by atoms with Crippen LogP contribution in [0.2, 0.25) is 0 Å². The van der Waals surface area contributed by atoms with Gasteiger partial charge >= 0.3 is 5.69 Å². The molecule has 0 aliphatic rings. The van der Waals surface area contributed by atoms with Crippen LogP contribution in [-0.4, -0.2) is 24.5 Å². The number of benzene rings is 1. The van der Waals surface area contributed by atoms with Gasteiger partial charge in [0.15, 0.2) is 5.75 Å². The molecule has 0 saturated carbocycles. The second-order valence-corrected chi connectivity index (χ2v) is 3.78. The zero-order valence-electron chi connectivity index (χ0n) is 10.2. The van der Waals surface area contributed by atoms with Crippen molar-refractivity contribution < 1.29 is 14.5 Å². The van der Waals surface area contributed by atoms with Crippen LogP contribution < -0.4 is 10.1 Å². The molecule has 6 heteroatoms. The van der Waals surface area contributed by atoms with Crippen molar-refractivity contribution in [3.05, 3.63) is 46.0 Å². The molecule has 0 saturated heterocycles. The molecule has 0 spiro atoms. The lowest BCUT2D eigenvalue weighted by atomic mass is 10.1. The monoisotopic (exact) mass is 250 g/mol. The summed E-state index contributed by atoms with van der Waals surface area (Å²) < 4.78 is 4.85. The van der Waals surface area contributed by atoms with E-state index in [1.165, 1.54) is 25.3 Å². The van der Waals surface area contributed by atoms with Gasteiger partial charge in [0.05, 0.1) is 12.0 Å². The van der Waals surface area contributed by atoms with Crippen LogP contribution in [0, 0.1) is 10.1 Å². The quantitative estimate of drug-likeness (QED) is 0.491. The van der Waals surface area contributed by atoms with E-state index in [0.29, 0.717) is 6.54 Å². The first-order valence-corrected chi connectivity index (χ1v) is 5.20. The maximum absolute atomic E-state index is 11.7. The summed E-state index contributed by atoms with van der Waals surface area (Å²) in [6.45, 7) is 5.76. The number of ether oxygens (including phenoxy) is 1. The SMILES string of the molecule is C=C(C)CNC(=O)c1ccc(OC)c([N+](=O)[O-])c1. The summed E-state index contributed by atoms with van der Waals surface area (Å²) in [6, 6.07) is 4.06. The van der Waals surface area contributed by atoms with E-state index in [-0.39, 0.29) is 22.9 Å². The van der Waals surface area contributed by atoms with Crippen LogP contribution in [0.5, 0.6) is 5.75 Å². The molecule has 0 radical (unpaired) electrons. The van der Waals surface area contributed by atoms with Crippen molar-refractivity contribution in [2.75, 3.05) is 13.7 Å². The normalized spacial score (nSPS) is 9.67. The number of amides is 1. The van der Waals surface area contributed by atoms with E-state index in [2.05, 4.69) is 11.9 Å². The van der Waals surface area contributed by atoms with Crippen LogP contribution in [0.25, 0.3) is 0 Å². The van der Waals surface area contributed by atoms with Gasteiger partial charge in [0.2, 0.25) is 0 Å². The average molecular weight is 250 g/mol. The fourth-order valence-corrected chi connectivity index (χ4v) is 1.31. The third-order valence-electron chi connectivity index (χ3n) is 2.19. The van der Waals surface area contributed by atoms with E-state index in [0.717, 1.165) is 5.57 Å². The van der Waals surface area contributed by atoms with E-state index in [1.807, 2.05) is 0 Å². The third-order valence-corrected chi connectivity index (χ3v) is 2.19. The number of carbonyl (C=O) groups is 1. The molecule has 0 aromatic heterocycles. The lowest BCUT2D eigenvalue weighted by Gasteiger charge is -2.06. The van der Waals surface area contributed by atoms with Crippen LogP contribution in [0.3, 0.4) is 0 Å². The van der Waals surface area contributed by atoms with Crippen molar-refractivity contribution in [3.8, 4) is 5.75 Å². The fraction of sp³-hybridized carbons (Fsp3) is 0.250. The highest BCUT2D eigenvalue weighted by Gasteiger charge is 2.17. The van der Waals surface area contributed by atoms with E-state index in [1.54, 1.807) is 6.92 Å². The molecule has 6 nitrogen and oxygen atoms in total. The molecule has 0 fully saturated rings. The molecule has 96 valence electrons. The molecule has 0 unspecified atom stereocenters. The first-order valence-electron chi connectivity index (χ1n) is 5.20. The molecule has 18 heavy (non-hydrogen) atoms. The summed E-state index contributed by atoms with van der Waals surface area (Å²) in [5, 5.41) is 13.4. The Labute approximate surface area is 104 Å². The zero-order chi connectivity index (χ0) is 13.7. The number of nitro groups is 1. The summed E-state index contributed by atoms with van der Waals surface area (Å²) in [5.74, 6) is -0.264. The molecule has 0 aliphatic heterocycles. The molecule has 1 amide bonds. The Morgan fingerprint density at radius 3 is 2.72 bits per heavy atom. The van der Waals surface area contributed by atoms with Crippen LogP contribution >= 0.6 is 0 Å². The predicted octanol–water partition coefficient (Wildman–Crippen LogP) is 1.91. The molecule has 1 N–H and O–H groups in total. The Kier molecular flexibility index (Phi) is 4.42. The van der Waals surface area contributed by atoms with Gasteiger partial charge in [-0.25, -0.2) is 0 Å². The first-order chi connectivity index (χ1) is 8.45. The minimum absolute atomic E-state index is 0.122. The molecule has 1 aromatic carbocycles. The number of carbonyl (C=O) groups excluding carboxylic acids is 1. The molecule has 1 aromatic rings. The summed E-state index contributed by atoms with van der Waals surface area (Å²) in [6.07, 6.45) is 0. The number of rotatable bonds is 5. The maximum atomic E-state index is 11.7. The number of hydrogen-bond acceptors (Lipinski definition) is 4. The number of nitrogens with one attached hydrogen (secondary N) is 1. The summed E-state index contributed by atoms with van der Waals surface area (Å²) in [4.78, 5) is 21.9. The highest BCUT2D eigenvalue weighted by molar-refractivity contribution is 5.95. The minimum atomic E-state index is -0.589. The van der Waals surface area contributed by atoms with Crippen molar-refractivity contribution in [1.82, 2.24) is 5.32 Å². The van der Waals surface area contributed by atoms with Gasteiger partial charge in [-0.15, -0.1) is 0 Å². The Bertz CT molecular complexity index is 497. The summed E-state index contributed by atoms with van der Waals surface area (Å²) >= 11 is 0. The molecule has 1 rings (SSSR count). The zero-order valence-corrected chi connectivity index (χ0v) is 10.2. The largest absolute Gasteiger partial charge is 0.490 e. The molecule has 0 bridgehead atoms. The van der Waals surface area contributed by atoms with Crippen molar-refractivity contribution >= 4 is 11.6 Å². The van der Waals surface area contributed by atoms with Crippen molar-refractivity contribution in [3.63, 3.8) is 0 Å². The number of methoxy groups -OCH3 is 1. The fourth-order valence-electron chi connectivity index (χ4n) is 1.31. The van der Waals surface area contributed by atoms with Crippen LogP contribution in [0.4, 0.5) is 5.69 Å². The minimum Gasteiger partial charge on any atom is -0.490 e. The Morgan fingerprint density at radius 2 is 2.22 bits per heavy atom. The predicted molar refractivity (Wildman–Crippen MR) is 66.8 cm³/mol. The summed E-state index contributed by atoms with van der Waals surface area (Å²) in [5.41, 5.74) is 0.774. The lowest BCUT2D eigenvalue weighted by molar-refractivity contribution is -0.385. The van der Waals surface area contributed by atoms with E-state index >= 15 is 0 Å². The second-order valence-electron chi connectivity index (χ2n) is 3.78. The molecular formula is C12H14N2O4. The van der Waals surface area contributed by atoms with Crippen LogP contribution in [0.1, 0.15) is 17.3 Å². The van der Waals surface area contributed by atoms with Gasteiger partial charge in [0.1, 0.15) is 0 Å². The van der Waals surface area contributed by atoms with Crippen molar-refractivity contribution in [2.24, 2.45) is 0 Å². The van der Waals surface area contributed by atoms with Crippen LogP contribution in [0.15, 0.2) is 30.4 Å². The highest BCUT2D eigenvalue weighted by atomic mass is 16.6. The van der Waals surface area contributed by atoms with Crippen LogP contribution in [-0.2, 0) is 0 Å². The van der Waals surface area contributed by atoms with Gasteiger partial charge in [0, 0.05) is 18.2 Å². The van der Waals surface area contributed by atoms with Gasteiger partial charge in [0.25, 0.3) is 5.91 Å². The standard InChI is InChI=1S/C12H14N2O4/c1-8(2)7-13-12(15)9-4-5-11(18-3)10(6-9)14(16)17/h4-6H,1,7H2,2-3H3,(H,13,15). The van der Waals surface area contributed by atoms with Gasteiger partial charge < -0.3 is 10.1 Å². The first kappa shape index (κ1) is 13.7. The highest BCUT2D eigenvalue weighted by Crippen LogP contribution is 2.27. The topological polar surface area (TPSA) is 81.5 Å². The number of nitro benzene ring substituents is 1. The Morgan fingerprint density at radius 1 is 1.56 bits per heavy atom. The number of nitrogens with zero attached hydrogens (tertiary/aromatic N) is 1. The van der Waals surface area contributed by atoms with Crippen molar-refractivity contribution in [1.29, 1.82) is 0 Å². The Balaban J connectivity index is 2.97. The average Bonchev–Trinajstić information content (AvgIpc) is 2.34. The maximum Gasteiger partial charge on any atom is 0.311 e. The van der Waals surface area contributed by atoms with Gasteiger partial charge in [-0.1, -0.05) is 12.2 Å². The van der Waals surface area contributed by atoms with E-state index in [4.69, 9.17) is 4.74 Å². The summed E-state index contributed by atoms with van der Waals surface area (Å²) in [7, 11) is 1.34. The van der Waals surface area contributed by atoms with Gasteiger partial charge in [-0.2, -0.15) is 0 Å².